The molecule has 0 amide bonds. The largest absolute Gasteiger partial charge is 0.497 e. The Kier molecular flexibility index (Phi) is 14.2. The number of unbranched alkanes of at least 4 members (excludes halogenated alkanes) is 2. The number of ether oxygens (including phenoxy) is 1. The van der Waals surface area contributed by atoms with Crippen LogP contribution in [0.25, 0.3) is 0 Å². The molecule has 2 aromatic rings. The summed E-state index contributed by atoms with van der Waals surface area (Å²) in [5, 5.41) is 0. The van der Waals surface area contributed by atoms with E-state index in [1.165, 1.54) is 25.3 Å². The molecule has 2 aromatic carbocycles. The fourth-order valence-corrected chi connectivity index (χ4v) is 9.30. The summed E-state index contributed by atoms with van der Waals surface area (Å²) in [6.45, 7) is 12.7. The maximum absolute atomic E-state index is 13.4. The molecule has 8 heteroatoms. The fourth-order valence-electron chi connectivity index (χ4n) is 5.24. The molecule has 226 valence electrons. The van der Waals surface area contributed by atoms with Crippen LogP contribution in [0.15, 0.2) is 47.4 Å². The van der Waals surface area contributed by atoms with E-state index in [-0.39, 0.29) is 0 Å². The van der Waals surface area contributed by atoms with Crippen LogP contribution in [-0.2, 0) is 20.9 Å². The monoisotopic (exact) mass is 590 g/mol. The van der Waals surface area contributed by atoms with Crippen molar-refractivity contribution in [1.29, 1.82) is 0 Å². The summed E-state index contributed by atoms with van der Waals surface area (Å²) in [4.78, 5) is 2.34. The van der Waals surface area contributed by atoms with Crippen molar-refractivity contribution in [3.8, 4) is 5.75 Å². The highest BCUT2D eigenvalue weighted by atomic mass is 32.2. The van der Waals surface area contributed by atoms with Crippen LogP contribution in [0.2, 0.25) is 19.1 Å². The van der Waals surface area contributed by atoms with E-state index in [0.29, 0.717) is 29.7 Å². The number of hydrogen-bond donors (Lipinski definition) is 1. The molecule has 0 saturated heterocycles. The molecule has 0 aliphatic heterocycles. The van der Waals surface area contributed by atoms with E-state index in [9.17, 15) is 8.42 Å². The molecular formula is C32H54N2O4SSi. The molecule has 0 saturated carbocycles. The number of nitrogens with one attached hydrogen (secondary N) is 1. The van der Waals surface area contributed by atoms with Crippen molar-refractivity contribution in [3.63, 3.8) is 0 Å². The molecule has 0 aliphatic rings. The summed E-state index contributed by atoms with van der Waals surface area (Å²) >= 11 is 0. The average Bonchev–Trinajstić information content (AvgIpc) is 2.89. The SMILES string of the molecule is CCCCC(CCCCNS(=O)(=O)c1ccc(N(C)C)cc1Cc1ccc(OC)cc1)CO[Si](C)(C)CC(C)C. The standard InChI is InChI=1S/C32H54N2O4SSi/c1-9-10-13-28(24-38-40(7,8)25-26(2)3)14-11-12-21-33-39(35,36)32-20-17-30(34(4)5)23-29(32)22-27-15-18-31(37-6)19-16-27/h15-20,23,26,28,33H,9-14,21-22,24-25H2,1-8H3. The molecule has 2 rings (SSSR count). The predicted octanol–water partition coefficient (Wildman–Crippen LogP) is 7.48. The van der Waals surface area contributed by atoms with Gasteiger partial charge in [-0.15, -0.1) is 0 Å². The number of methoxy groups -OCH3 is 1. The fraction of sp³-hybridized carbons (Fsp3) is 0.625. The first-order chi connectivity index (χ1) is 18.9. The average molecular weight is 591 g/mol. The van der Waals surface area contributed by atoms with Gasteiger partial charge in [-0.1, -0.05) is 52.2 Å². The van der Waals surface area contributed by atoms with Crippen LogP contribution >= 0.6 is 0 Å². The zero-order valence-electron chi connectivity index (χ0n) is 26.3. The van der Waals surface area contributed by atoms with Crippen LogP contribution < -0.4 is 14.4 Å². The van der Waals surface area contributed by atoms with Crippen molar-refractivity contribution in [3.05, 3.63) is 53.6 Å². The molecule has 40 heavy (non-hydrogen) atoms. The first-order valence-corrected chi connectivity index (χ1v) is 19.5. The van der Waals surface area contributed by atoms with E-state index < -0.39 is 18.3 Å². The minimum atomic E-state index is -3.63. The Labute approximate surface area is 246 Å². The van der Waals surface area contributed by atoms with E-state index in [0.717, 1.165) is 48.4 Å². The molecule has 0 fully saturated rings. The minimum absolute atomic E-state index is 0.348. The second kappa shape index (κ2) is 16.5. The number of nitrogens with zero attached hydrogens (tertiary/aromatic N) is 1. The van der Waals surface area contributed by atoms with Gasteiger partial charge < -0.3 is 14.1 Å². The highest BCUT2D eigenvalue weighted by Crippen LogP contribution is 2.26. The zero-order valence-corrected chi connectivity index (χ0v) is 28.1. The van der Waals surface area contributed by atoms with Gasteiger partial charge in [-0.05, 0) is 98.1 Å². The smallest absolute Gasteiger partial charge is 0.240 e. The Hall–Kier alpha value is -1.87. The van der Waals surface area contributed by atoms with Gasteiger partial charge in [-0.2, -0.15) is 0 Å². The molecule has 0 radical (unpaired) electrons. The van der Waals surface area contributed by atoms with Crippen LogP contribution in [0.5, 0.6) is 5.75 Å². The van der Waals surface area contributed by atoms with Crippen molar-refractivity contribution in [2.24, 2.45) is 11.8 Å². The molecule has 0 heterocycles. The van der Waals surface area contributed by atoms with E-state index in [1.54, 1.807) is 13.2 Å². The lowest BCUT2D eigenvalue weighted by molar-refractivity contribution is 0.215. The molecule has 6 nitrogen and oxygen atoms in total. The third-order valence-corrected chi connectivity index (χ3v) is 11.6. The Morgan fingerprint density at radius 3 is 2.25 bits per heavy atom. The van der Waals surface area contributed by atoms with Gasteiger partial charge in [0, 0.05) is 32.9 Å². The minimum Gasteiger partial charge on any atom is -0.497 e. The lowest BCUT2D eigenvalue weighted by Crippen LogP contribution is -2.34. The summed E-state index contributed by atoms with van der Waals surface area (Å²) in [6, 6.07) is 14.5. The van der Waals surface area contributed by atoms with Gasteiger partial charge in [0.2, 0.25) is 10.0 Å². The van der Waals surface area contributed by atoms with Crippen molar-refractivity contribution in [2.45, 2.75) is 89.8 Å². The Bertz CT molecular complexity index is 1120. The molecule has 1 unspecified atom stereocenters. The van der Waals surface area contributed by atoms with Gasteiger partial charge >= 0.3 is 0 Å². The Morgan fingerprint density at radius 2 is 1.65 bits per heavy atom. The van der Waals surface area contributed by atoms with Crippen LogP contribution in [-0.4, -0.2) is 51.1 Å². The summed E-state index contributed by atoms with van der Waals surface area (Å²) < 4.78 is 41.4. The van der Waals surface area contributed by atoms with Crippen LogP contribution in [0.3, 0.4) is 0 Å². The van der Waals surface area contributed by atoms with Gasteiger partial charge in [-0.3, -0.25) is 0 Å². The number of rotatable bonds is 19. The van der Waals surface area contributed by atoms with Crippen LogP contribution in [0.1, 0.15) is 70.4 Å². The first kappa shape index (κ1) is 34.3. The molecular weight excluding hydrogens is 537 g/mol. The lowest BCUT2D eigenvalue weighted by atomic mass is 9.97. The number of benzene rings is 2. The highest BCUT2D eigenvalue weighted by molar-refractivity contribution is 7.89. The number of anilines is 1. The Balaban J connectivity index is 2.00. The third-order valence-electron chi connectivity index (χ3n) is 7.31. The molecule has 0 spiro atoms. The van der Waals surface area contributed by atoms with Crippen LogP contribution in [0.4, 0.5) is 5.69 Å². The maximum atomic E-state index is 13.4. The van der Waals surface area contributed by atoms with Gasteiger partial charge in [0.25, 0.3) is 0 Å². The third kappa shape index (κ3) is 11.9. The first-order valence-electron chi connectivity index (χ1n) is 14.9. The van der Waals surface area contributed by atoms with Gasteiger partial charge in [0.1, 0.15) is 5.75 Å². The maximum Gasteiger partial charge on any atom is 0.240 e. The van der Waals surface area contributed by atoms with Gasteiger partial charge in [-0.25, -0.2) is 13.1 Å². The van der Waals surface area contributed by atoms with E-state index >= 15 is 0 Å². The van der Waals surface area contributed by atoms with Crippen molar-refractivity contribution < 1.29 is 17.6 Å². The predicted molar refractivity (Wildman–Crippen MR) is 172 cm³/mol. The topological polar surface area (TPSA) is 67.9 Å². The Morgan fingerprint density at radius 1 is 0.975 bits per heavy atom. The molecule has 0 bridgehead atoms. The highest BCUT2D eigenvalue weighted by Gasteiger charge is 2.25. The quantitative estimate of drug-likeness (QED) is 0.136. The second-order valence-corrected chi connectivity index (χ2v) is 18.2. The van der Waals surface area contributed by atoms with E-state index in [4.69, 9.17) is 9.16 Å². The molecule has 1 atom stereocenters. The van der Waals surface area contributed by atoms with E-state index in [2.05, 4.69) is 38.6 Å². The van der Waals surface area contributed by atoms with Crippen molar-refractivity contribution in [2.75, 3.05) is 39.3 Å². The number of sulfonamides is 1. The summed E-state index contributed by atoms with van der Waals surface area (Å²) in [6.07, 6.45) is 7.00. The molecule has 0 aliphatic carbocycles. The normalized spacial score (nSPS) is 13.0. The van der Waals surface area contributed by atoms with Crippen molar-refractivity contribution >= 4 is 24.0 Å². The second-order valence-electron chi connectivity index (χ2n) is 12.3. The summed E-state index contributed by atoms with van der Waals surface area (Å²) in [7, 11) is 0.297. The lowest BCUT2D eigenvalue weighted by Gasteiger charge is -2.28. The van der Waals surface area contributed by atoms with Crippen molar-refractivity contribution in [1.82, 2.24) is 4.72 Å². The van der Waals surface area contributed by atoms with Gasteiger partial charge in [0.05, 0.1) is 12.0 Å². The molecule has 0 aromatic heterocycles. The van der Waals surface area contributed by atoms with Crippen LogP contribution in [0, 0.1) is 11.8 Å². The number of hydrogen-bond acceptors (Lipinski definition) is 5. The summed E-state index contributed by atoms with van der Waals surface area (Å²) in [5.41, 5.74) is 2.80. The molecule has 1 N–H and O–H groups in total. The van der Waals surface area contributed by atoms with E-state index in [1.807, 2.05) is 55.4 Å². The zero-order chi connectivity index (χ0) is 29.8. The summed E-state index contributed by atoms with van der Waals surface area (Å²) in [5.74, 6) is 2.00. The van der Waals surface area contributed by atoms with Gasteiger partial charge in [0.15, 0.2) is 8.32 Å².